The Morgan fingerprint density at radius 2 is 1.73 bits per heavy atom. The van der Waals surface area contributed by atoms with Crippen molar-refractivity contribution in [3.63, 3.8) is 0 Å². The first-order chi connectivity index (χ1) is 5.18. The van der Waals surface area contributed by atoms with Gasteiger partial charge in [-0.2, -0.15) is 0 Å². The van der Waals surface area contributed by atoms with Crippen molar-refractivity contribution in [2.45, 2.75) is 0 Å². The summed E-state index contributed by atoms with van der Waals surface area (Å²) in [6.07, 6.45) is 0. The summed E-state index contributed by atoms with van der Waals surface area (Å²) < 4.78 is 5.55. The van der Waals surface area contributed by atoms with Crippen LogP contribution in [-0.2, 0) is 0 Å². The molecule has 0 bridgehead atoms. The first-order valence-corrected chi connectivity index (χ1v) is 4.76. The van der Waals surface area contributed by atoms with Crippen LogP contribution in [0.5, 0.6) is 5.75 Å². The van der Waals surface area contributed by atoms with Crippen LogP contribution in [0.15, 0.2) is 28.7 Å². The van der Waals surface area contributed by atoms with Crippen molar-refractivity contribution >= 4 is 24.5 Å². The molecule has 2 N–H and O–H groups in total. The largest absolute Gasteiger partial charge is 0.427 e. The van der Waals surface area contributed by atoms with Gasteiger partial charge in [-0.05, 0) is 24.3 Å². The van der Waals surface area contributed by atoms with E-state index in [1.165, 1.54) is 0 Å². The summed E-state index contributed by atoms with van der Waals surface area (Å²) in [6, 6.07) is 6.81. The van der Waals surface area contributed by atoms with Gasteiger partial charge in [-0.1, -0.05) is 15.9 Å². The van der Waals surface area contributed by atoms with Gasteiger partial charge < -0.3 is 14.3 Å². The van der Waals surface area contributed by atoms with Gasteiger partial charge in [0.05, 0.1) is 0 Å². The quantitative estimate of drug-likeness (QED) is 0.773. The molecule has 60 valence electrons. The molecule has 0 atom stereocenters. The summed E-state index contributed by atoms with van der Waals surface area (Å²) in [6.45, 7) is 0. The maximum atomic E-state index is 8.46. The third-order valence-corrected chi connectivity index (χ3v) is 1.90. The molecule has 3 nitrogen and oxygen atoms in total. The second-order valence-corrected chi connectivity index (χ2v) is 3.40. The summed E-state index contributed by atoms with van der Waals surface area (Å²) in [5.41, 5.74) is 0. The molecule has 0 amide bonds. The van der Waals surface area contributed by atoms with Gasteiger partial charge in [0, 0.05) is 4.47 Å². The molecule has 0 spiro atoms. The third-order valence-electron chi connectivity index (χ3n) is 1.00. The number of rotatable bonds is 2. The number of hydrogen-bond donors (Lipinski definition) is 2. The Morgan fingerprint density at radius 1 is 1.18 bits per heavy atom. The fourth-order valence-corrected chi connectivity index (χ4v) is 1.16. The van der Waals surface area contributed by atoms with Gasteiger partial charge >= 0.3 is 8.60 Å². The van der Waals surface area contributed by atoms with Crippen molar-refractivity contribution in [3.05, 3.63) is 28.7 Å². The first kappa shape index (κ1) is 8.94. The van der Waals surface area contributed by atoms with Gasteiger partial charge in [-0.15, -0.1) is 0 Å². The smallest absolute Gasteiger partial charge is 0.391 e. The van der Waals surface area contributed by atoms with Crippen LogP contribution in [0.2, 0.25) is 0 Å². The second kappa shape index (κ2) is 4.02. The predicted molar refractivity (Wildman–Crippen MR) is 46.1 cm³/mol. The lowest BCUT2D eigenvalue weighted by molar-refractivity contribution is 0.375. The lowest BCUT2D eigenvalue weighted by Crippen LogP contribution is -1.83. The van der Waals surface area contributed by atoms with E-state index in [4.69, 9.17) is 9.79 Å². The van der Waals surface area contributed by atoms with Crippen molar-refractivity contribution in [1.82, 2.24) is 0 Å². The van der Waals surface area contributed by atoms with Gasteiger partial charge in [0.25, 0.3) is 0 Å². The van der Waals surface area contributed by atoms with Crippen LogP contribution in [-0.4, -0.2) is 9.79 Å². The van der Waals surface area contributed by atoms with E-state index in [0.717, 1.165) is 4.47 Å². The molecule has 1 aromatic carbocycles. The monoisotopic (exact) mass is 236 g/mol. The van der Waals surface area contributed by atoms with Crippen LogP contribution in [0.3, 0.4) is 0 Å². The van der Waals surface area contributed by atoms with E-state index in [0.29, 0.717) is 5.75 Å². The molecule has 0 radical (unpaired) electrons. The normalized spacial score (nSPS) is 10.2. The molecule has 0 unspecified atom stereocenters. The number of halogens is 1. The van der Waals surface area contributed by atoms with Crippen molar-refractivity contribution in [2.24, 2.45) is 0 Å². The molecular weight excluding hydrogens is 231 g/mol. The van der Waals surface area contributed by atoms with Gasteiger partial charge in [0.1, 0.15) is 5.75 Å². The van der Waals surface area contributed by atoms with Crippen molar-refractivity contribution in [1.29, 1.82) is 0 Å². The Labute approximate surface area is 73.8 Å². The van der Waals surface area contributed by atoms with Gasteiger partial charge in [-0.25, -0.2) is 0 Å². The van der Waals surface area contributed by atoms with Gasteiger partial charge in [0.2, 0.25) is 0 Å². The number of hydrogen-bond acceptors (Lipinski definition) is 3. The highest BCUT2D eigenvalue weighted by molar-refractivity contribution is 9.10. The molecule has 0 aliphatic carbocycles. The molecule has 0 saturated heterocycles. The molecule has 0 fully saturated rings. The van der Waals surface area contributed by atoms with E-state index in [-0.39, 0.29) is 0 Å². The van der Waals surface area contributed by atoms with Crippen molar-refractivity contribution in [2.75, 3.05) is 0 Å². The molecule has 0 aliphatic rings. The predicted octanol–water partition coefficient (Wildman–Crippen LogP) is 2.04. The maximum absolute atomic E-state index is 8.46. The lowest BCUT2D eigenvalue weighted by Gasteiger charge is -2.03. The molecule has 0 aliphatic heterocycles. The highest BCUT2D eigenvalue weighted by Crippen LogP contribution is 2.29. The van der Waals surface area contributed by atoms with Crippen LogP contribution in [0.1, 0.15) is 0 Å². The molecule has 0 heterocycles. The third kappa shape index (κ3) is 3.16. The zero-order chi connectivity index (χ0) is 8.27. The van der Waals surface area contributed by atoms with E-state index >= 15 is 0 Å². The molecule has 1 rings (SSSR count). The van der Waals surface area contributed by atoms with E-state index in [2.05, 4.69) is 20.5 Å². The van der Waals surface area contributed by atoms with E-state index in [9.17, 15) is 0 Å². The average Bonchev–Trinajstić information content (AvgIpc) is 1.93. The van der Waals surface area contributed by atoms with Gasteiger partial charge in [-0.3, -0.25) is 0 Å². The second-order valence-electron chi connectivity index (χ2n) is 1.80. The van der Waals surface area contributed by atoms with Crippen LogP contribution in [0.4, 0.5) is 0 Å². The molecule has 1 aromatic rings. The summed E-state index contributed by atoms with van der Waals surface area (Å²) >= 11 is 3.24. The standard InChI is InChI=1S/C6H6BrO3P/c7-5-1-3-6(4-2-5)10-11(8)9/h1-4,8-9H. The minimum absolute atomic E-state index is 0.448. The molecular formula is C6H6BrO3P. The highest BCUT2D eigenvalue weighted by Gasteiger charge is 2.00. The minimum Gasteiger partial charge on any atom is -0.427 e. The Kier molecular flexibility index (Phi) is 3.27. The number of benzene rings is 1. The summed E-state index contributed by atoms with van der Waals surface area (Å²) in [5, 5.41) is 0. The van der Waals surface area contributed by atoms with E-state index in [1.54, 1.807) is 24.3 Å². The van der Waals surface area contributed by atoms with Crippen molar-refractivity contribution < 1.29 is 14.3 Å². The van der Waals surface area contributed by atoms with E-state index < -0.39 is 8.60 Å². The van der Waals surface area contributed by atoms with E-state index in [1.807, 2.05) is 0 Å². The van der Waals surface area contributed by atoms with Gasteiger partial charge in [0.15, 0.2) is 0 Å². The van der Waals surface area contributed by atoms with Crippen LogP contribution in [0.25, 0.3) is 0 Å². The molecule has 0 saturated carbocycles. The Balaban J connectivity index is 2.66. The maximum Gasteiger partial charge on any atom is 0.391 e. The fourth-order valence-electron chi connectivity index (χ4n) is 0.590. The zero-order valence-corrected chi connectivity index (χ0v) is 7.92. The zero-order valence-electron chi connectivity index (χ0n) is 5.44. The minimum atomic E-state index is -2.30. The van der Waals surface area contributed by atoms with Crippen LogP contribution < -0.4 is 4.52 Å². The lowest BCUT2D eigenvalue weighted by atomic mass is 10.3. The Bertz CT molecular complexity index is 224. The van der Waals surface area contributed by atoms with Crippen LogP contribution >= 0.6 is 24.5 Å². The topological polar surface area (TPSA) is 49.7 Å². The molecule has 5 heteroatoms. The summed E-state index contributed by atoms with van der Waals surface area (Å²) in [7, 11) is -2.30. The first-order valence-electron chi connectivity index (χ1n) is 2.80. The Hall–Kier alpha value is -0.150. The SMILES string of the molecule is OP(O)Oc1ccc(Br)cc1. The molecule has 11 heavy (non-hydrogen) atoms. The summed E-state index contributed by atoms with van der Waals surface area (Å²) in [4.78, 5) is 16.9. The Morgan fingerprint density at radius 3 is 2.18 bits per heavy atom. The molecule has 0 aromatic heterocycles. The van der Waals surface area contributed by atoms with Crippen LogP contribution in [0, 0.1) is 0 Å². The fraction of sp³-hybridized carbons (Fsp3) is 0. The summed E-state index contributed by atoms with van der Waals surface area (Å²) in [5.74, 6) is 0.448. The van der Waals surface area contributed by atoms with Crippen molar-refractivity contribution in [3.8, 4) is 5.75 Å². The highest BCUT2D eigenvalue weighted by atomic mass is 79.9. The average molecular weight is 237 g/mol.